The average molecular weight is 352 g/mol. The van der Waals surface area contributed by atoms with Crippen molar-refractivity contribution in [3.63, 3.8) is 0 Å². The molecule has 0 spiro atoms. The molecule has 1 aromatic carbocycles. The summed E-state index contributed by atoms with van der Waals surface area (Å²) >= 11 is 3.55. The van der Waals surface area contributed by atoms with Crippen molar-refractivity contribution in [2.45, 2.75) is 52.0 Å². The Morgan fingerprint density at radius 2 is 2.14 bits per heavy atom. The topological polar surface area (TPSA) is 38.3 Å². The van der Waals surface area contributed by atoms with Crippen molar-refractivity contribution >= 4 is 21.8 Å². The summed E-state index contributed by atoms with van der Waals surface area (Å²) in [6, 6.07) is 4.16. The van der Waals surface area contributed by atoms with Gasteiger partial charge in [0.25, 0.3) is 0 Å². The van der Waals surface area contributed by atoms with Crippen LogP contribution in [0, 0.1) is 5.41 Å². The summed E-state index contributed by atoms with van der Waals surface area (Å²) in [7, 11) is 0. The van der Waals surface area contributed by atoms with E-state index in [2.05, 4.69) is 40.3 Å². The predicted molar refractivity (Wildman–Crippen MR) is 86.4 cm³/mol. The van der Waals surface area contributed by atoms with Crippen molar-refractivity contribution < 1.29 is 9.53 Å². The van der Waals surface area contributed by atoms with E-state index in [1.54, 1.807) is 0 Å². The molecule has 1 heterocycles. The number of ether oxygens (including phenoxy) is 1. The highest BCUT2D eigenvalue weighted by atomic mass is 79.9. The van der Waals surface area contributed by atoms with Gasteiger partial charge in [-0.2, -0.15) is 0 Å². The Hall–Kier alpha value is -1.03. The minimum atomic E-state index is -0.129. The summed E-state index contributed by atoms with van der Waals surface area (Å²) in [5, 5.41) is 3.15. The summed E-state index contributed by atoms with van der Waals surface area (Å²) in [6.45, 7) is 3.43. The maximum atomic E-state index is 12.6. The summed E-state index contributed by atoms with van der Waals surface area (Å²) < 4.78 is 6.78. The van der Waals surface area contributed by atoms with Gasteiger partial charge < -0.3 is 10.1 Å². The van der Waals surface area contributed by atoms with Gasteiger partial charge in [-0.15, -0.1) is 0 Å². The van der Waals surface area contributed by atoms with E-state index in [0.717, 1.165) is 48.1 Å². The average Bonchev–Trinajstić information content (AvgIpc) is 3.13. The van der Waals surface area contributed by atoms with Crippen molar-refractivity contribution in [1.29, 1.82) is 0 Å². The zero-order valence-corrected chi connectivity index (χ0v) is 14.1. The van der Waals surface area contributed by atoms with Crippen LogP contribution in [0.3, 0.4) is 0 Å². The maximum absolute atomic E-state index is 12.6. The lowest BCUT2D eigenvalue weighted by Gasteiger charge is -2.26. The Morgan fingerprint density at radius 1 is 1.38 bits per heavy atom. The summed E-state index contributed by atoms with van der Waals surface area (Å²) in [5.41, 5.74) is 2.19. The molecule has 0 bridgehead atoms. The lowest BCUT2D eigenvalue weighted by atomic mass is 9.82. The van der Waals surface area contributed by atoms with Crippen LogP contribution in [-0.4, -0.2) is 12.5 Å². The van der Waals surface area contributed by atoms with Crippen LogP contribution in [-0.2, 0) is 17.8 Å². The number of nitrogens with one attached hydrogen (secondary N) is 1. The molecule has 1 saturated carbocycles. The predicted octanol–water partition coefficient (Wildman–Crippen LogP) is 3.97. The molecule has 3 nitrogen and oxygen atoms in total. The number of amides is 1. The van der Waals surface area contributed by atoms with E-state index in [9.17, 15) is 4.79 Å². The second kappa shape index (κ2) is 5.99. The summed E-state index contributed by atoms with van der Waals surface area (Å²) in [4.78, 5) is 12.6. The molecule has 0 radical (unpaired) electrons. The van der Waals surface area contributed by atoms with Crippen molar-refractivity contribution in [3.05, 3.63) is 27.7 Å². The number of carbonyl (C=O) groups excluding carboxylic acids is 1. The first kappa shape index (κ1) is 14.9. The molecule has 4 heteroatoms. The number of rotatable bonds is 4. The first-order valence-corrected chi connectivity index (χ1v) is 8.66. The fraction of sp³-hybridized carbons (Fsp3) is 0.588. The number of benzene rings is 1. The Bertz CT molecular complexity index is 550. The minimum absolute atomic E-state index is 0.129. The third-order valence-electron chi connectivity index (χ3n) is 4.98. The van der Waals surface area contributed by atoms with Crippen molar-refractivity contribution in [1.82, 2.24) is 5.32 Å². The molecular formula is C17H22BrNO2. The van der Waals surface area contributed by atoms with Crippen LogP contribution in [0.1, 0.15) is 50.2 Å². The number of halogens is 1. The Labute approximate surface area is 134 Å². The van der Waals surface area contributed by atoms with E-state index < -0.39 is 0 Å². The lowest BCUT2D eigenvalue weighted by Crippen LogP contribution is -2.38. The van der Waals surface area contributed by atoms with Gasteiger partial charge in [-0.05, 0) is 37.0 Å². The fourth-order valence-electron chi connectivity index (χ4n) is 3.63. The number of hydrogen-bond acceptors (Lipinski definition) is 2. The molecule has 0 aromatic heterocycles. The van der Waals surface area contributed by atoms with Gasteiger partial charge in [0, 0.05) is 28.4 Å². The van der Waals surface area contributed by atoms with E-state index >= 15 is 0 Å². The first-order valence-electron chi connectivity index (χ1n) is 7.87. The summed E-state index contributed by atoms with van der Waals surface area (Å²) in [6.07, 6.45) is 6.30. The van der Waals surface area contributed by atoms with Gasteiger partial charge >= 0.3 is 0 Å². The maximum Gasteiger partial charge on any atom is 0.226 e. The van der Waals surface area contributed by atoms with Crippen molar-refractivity contribution in [3.8, 4) is 5.75 Å². The monoisotopic (exact) mass is 351 g/mol. The highest BCUT2D eigenvalue weighted by Crippen LogP contribution is 2.41. The van der Waals surface area contributed by atoms with Crippen LogP contribution in [0.5, 0.6) is 5.75 Å². The smallest absolute Gasteiger partial charge is 0.226 e. The second-order valence-electron chi connectivity index (χ2n) is 6.18. The Balaban J connectivity index is 1.72. The Morgan fingerprint density at radius 3 is 2.86 bits per heavy atom. The third-order valence-corrected chi connectivity index (χ3v) is 5.44. The summed E-state index contributed by atoms with van der Waals surface area (Å²) in [5.74, 6) is 1.18. The molecule has 0 atom stereocenters. The molecule has 0 saturated heterocycles. The molecule has 0 unspecified atom stereocenters. The highest BCUT2D eigenvalue weighted by molar-refractivity contribution is 9.10. The SMILES string of the molecule is CCC1(C(=O)NCc2cc(Br)cc3c2OCC3)CCCC1. The highest BCUT2D eigenvalue weighted by Gasteiger charge is 2.39. The molecule has 2 aliphatic rings. The van der Waals surface area contributed by atoms with E-state index in [1.807, 2.05) is 0 Å². The van der Waals surface area contributed by atoms with Gasteiger partial charge in [0.1, 0.15) is 5.75 Å². The minimum Gasteiger partial charge on any atom is -0.493 e. The quantitative estimate of drug-likeness (QED) is 0.891. The van der Waals surface area contributed by atoms with Gasteiger partial charge in [-0.25, -0.2) is 0 Å². The fourth-order valence-corrected chi connectivity index (χ4v) is 4.19. The van der Waals surface area contributed by atoms with E-state index in [4.69, 9.17) is 4.74 Å². The molecule has 1 aliphatic carbocycles. The third kappa shape index (κ3) is 2.83. The van der Waals surface area contributed by atoms with Crippen LogP contribution in [0.2, 0.25) is 0 Å². The molecule has 1 amide bonds. The normalized spacial score (nSPS) is 19.1. The van der Waals surface area contributed by atoms with E-state index in [1.165, 1.54) is 18.4 Å². The molecule has 1 fully saturated rings. The Kier molecular flexibility index (Phi) is 4.25. The molecule has 21 heavy (non-hydrogen) atoms. The van der Waals surface area contributed by atoms with Crippen LogP contribution in [0.15, 0.2) is 16.6 Å². The van der Waals surface area contributed by atoms with Gasteiger partial charge in [0.05, 0.1) is 6.61 Å². The van der Waals surface area contributed by atoms with Crippen LogP contribution in [0.4, 0.5) is 0 Å². The van der Waals surface area contributed by atoms with Gasteiger partial charge in [-0.1, -0.05) is 35.7 Å². The number of fused-ring (bicyclic) bond motifs is 1. The van der Waals surface area contributed by atoms with Crippen LogP contribution < -0.4 is 10.1 Å². The standard InChI is InChI=1S/C17H22BrNO2/c1-2-17(6-3-4-7-17)16(20)19-11-13-10-14(18)9-12-5-8-21-15(12)13/h9-10H,2-8,11H2,1H3,(H,19,20). The van der Waals surface area contributed by atoms with E-state index in [-0.39, 0.29) is 11.3 Å². The zero-order valence-electron chi connectivity index (χ0n) is 12.5. The molecule has 3 rings (SSSR count). The zero-order chi connectivity index (χ0) is 14.9. The molecule has 1 aromatic rings. The number of carbonyl (C=O) groups is 1. The van der Waals surface area contributed by atoms with Gasteiger partial charge in [0.15, 0.2) is 0 Å². The first-order chi connectivity index (χ1) is 10.1. The van der Waals surface area contributed by atoms with Crippen molar-refractivity contribution in [2.24, 2.45) is 5.41 Å². The molecule has 1 N–H and O–H groups in total. The molecule has 114 valence electrons. The lowest BCUT2D eigenvalue weighted by molar-refractivity contribution is -0.131. The van der Waals surface area contributed by atoms with Gasteiger partial charge in [0.2, 0.25) is 5.91 Å². The van der Waals surface area contributed by atoms with Crippen LogP contribution >= 0.6 is 15.9 Å². The van der Waals surface area contributed by atoms with Crippen LogP contribution in [0.25, 0.3) is 0 Å². The molecular weight excluding hydrogens is 330 g/mol. The largest absolute Gasteiger partial charge is 0.493 e. The van der Waals surface area contributed by atoms with Gasteiger partial charge in [-0.3, -0.25) is 4.79 Å². The second-order valence-corrected chi connectivity index (χ2v) is 7.09. The van der Waals surface area contributed by atoms with E-state index in [0.29, 0.717) is 6.54 Å². The van der Waals surface area contributed by atoms with Crippen molar-refractivity contribution in [2.75, 3.05) is 6.61 Å². The molecule has 1 aliphatic heterocycles. The number of hydrogen-bond donors (Lipinski definition) is 1.